The van der Waals surface area contributed by atoms with E-state index in [4.69, 9.17) is 11.6 Å². The Morgan fingerprint density at radius 3 is 2.70 bits per heavy atom. The van der Waals surface area contributed by atoms with Crippen molar-refractivity contribution in [3.05, 3.63) is 55.9 Å². The van der Waals surface area contributed by atoms with Crippen LogP contribution in [-0.2, 0) is 12.7 Å². The van der Waals surface area contributed by atoms with Gasteiger partial charge in [-0.05, 0) is 37.6 Å². The quantitative estimate of drug-likeness (QED) is 0.673. The summed E-state index contributed by atoms with van der Waals surface area (Å²) < 4.78 is 40.3. The largest absolute Gasteiger partial charge is 0.417 e. The molecular formula is C17H13ClF3N3O2S. The minimum Gasteiger partial charge on any atom is -0.321 e. The van der Waals surface area contributed by atoms with Crippen molar-refractivity contribution in [1.82, 2.24) is 9.55 Å². The minimum atomic E-state index is -4.64. The third kappa shape index (κ3) is 3.57. The number of carbonyl (C=O) groups excluding carboxylic acids is 1. The minimum absolute atomic E-state index is 0.0486. The number of anilines is 1. The number of nitrogens with one attached hydrogen (secondary N) is 1. The van der Waals surface area contributed by atoms with Crippen LogP contribution in [0, 0.1) is 6.92 Å². The zero-order valence-electron chi connectivity index (χ0n) is 14.1. The van der Waals surface area contributed by atoms with Crippen molar-refractivity contribution in [1.29, 1.82) is 0 Å². The summed E-state index contributed by atoms with van der Waals surface area (Å²) in [6.45, 7) is 3.84. The summed E-state index contributed by atoms with van der Waals surface area (Å²) >= 11 is 6.60. The molecule has 2 aromatic heterocycles. The summed E-state index contributed by atoms with van der Waals surface area (Å²) in [6, 6.07) is 3.12. The van der Waals surface area contributed by atoms with Crippen LogP contribution in [0.4, 0.5) is 18.9 Å². The van der Waals surface area contributed by atoms with Crippen LogP contribution >= 0.6 is 22.9 Å². The molecule has 0 aliphatic carbocycles. The predicted octanol–water partition coefficient (Wildman–Crippen LogP) is 4.71. The van der Waals surface area contributed by atoms with Gasteiger partial charge in [0.1, 0.15) is 4.83 Å². The van der Waals surface area contributed by atoms with Crippen molar-refractivity contribution >= 4 is 44.7 Å². The van der Waals surface area contributed by atoms with E-state index in [0.29, 0.717) is 22.3 Å². The number of hydrogen-bond acceptors (Lipinski definition) is 4. The lowest BCUT2D eigenvalue weighted by Crippen LogP contribution is -2.19. The molecule has 0 saturated heterocycles. The highest BCUT2D eigenvalue weighted by Gasteiger charge is 2.33. The smallest absolute Gasteiger partial charge is 0.321 e. The number of rotatable bonds is 3. The Morgan fingerprint density at radius 2 is 2.07 bits per heavy atom. The van der Waals surface area contributed by atoms with Crippen molar-refractivity contribution < 1.29 is 18.0 Å². The maximum atomic E-state index is 13.0. The molecule has 27 heavy (non-hydrogen) atoms. The Kier molecular flexibility index (Phi) is 5.00. The predicted molar refractivity (Wildman–Crippen MR) is 98.7 cm³/mol. The van der Waals surface area contributed by atoms with Gasteiger partial charge < -0.3 is 5.32 Å². The average molecular weight is 416 g/mol. The Balaban J connectivity index is 1.99. The van der Waals surface area contributed by atoms with Crippen LogP contribution in [0.25, 0.3) is 10.2 Å². The SMILES string of the molecule is CCn1cnc2sc(C(=O)Nc3ccc(Cl)c(C(F)(F)F)c3)c(C)c2c1=O. The van der Waals surface area contributed by atoms with Crippen LogP contribution < -0.4 is 10.9 Å². The second-order valence-corrected chi connectivity index (χ2v) is 7.12. The number of alkyl halides is 3. The molecule has 1 amide bonds. The molecule has 0 saturated carbocycles. The third-order valence-electron chi connectivity index (χ3n) is 3.99. The van der Waals surface area contributed by atoms with Gasteiger partial charge in [0.2, 0.25) is 0 Å². The lowest BCUT2D eigenvalue weighted by molar-refractivity contribution is -0.137. The van der Waals surface area contributed by atoms with E-state index in [1.165, 1.54) is 17.0 Å². The lowest BCUT2D eigenvalue weighted by Gasteiger charge is -2.11. The fourth-order valence-corrected chi connectivity index (χ4v) is 3.87. The van der Waals surface area contributed by atoms with Gasteiger partial charge in [0.15, 0.2) is 0 Å². The van der Waals surface area contributed by atoms with Crippen LogP contribution in [0.2, 0.25) is 5.02 Å². The average Bonchev–Trinajstić information content (AvgIpc) is 2.93. The molecular weight excluding hydrogens is 403 g/mol. The Hall–Kier alpha value is -2.39. The number of fused-ring (bicyclic) bond motifs is 1. The lowest BCUT2D eigenvalue weighted by atomic mass is 10.1. The van der Waals surface area contributed by atoms with Crippen molar-refractivity contribution in [2.24, 2.45) is 0 Å². The number of halogens is 4. The summed E-state index contributed by atoms with van der Waals surface area (Å²) in [7, 11) is 0. The van der Waals surface area contributed by atoms with Crippen LogP contribution in [0.15, 0.2) is 29.3 Å². The molecule has 0 bridgehead atoms. The Bertz CT molecular complexity index is 1110. The molecule has 0 aliphatic rings. The molecule has 0 atom stereocenters. The molecule has 0 aliphatic heterocycles. The van der Waals surface area contributed by atoms with Crippen molar-refractivity contribution in [3.63, 3.8) is 0 Å². The van der Waals surface area contributed by atoms with Gasteiger partial charge in [-0.25, -0.2) is 4.98 Å². The highest BCUT2D eigenvalue weighted by Crippen LogP contribution is 2.36. The van der Waals surface area contributed by atoms with Gasteiger partial charge in [-0.3, -0.25) is 14.2 Å². The zero-order valence-corrected chi connectivity index (χ0v) is 15.7. The van der Waals surface area contributed by atoms with Crippen molar-refractivity contribution in [2.75, 3.05) is 5.32 Å². The topological polar surface area (TPSA) is 64.0 Å². The number of hydrogen-bond donors (Lipinski definition) is 1. The highest BCUT2D eigenvalue weighted by molar-refractivity contribution is 7.20. The van der Waals surface area contributed by atoms with Crippen LogP contribution in [0.5, 0.6) is 0 Å². The van der Waals surface area contributed by atoms with Gasteiger partial charge in [0.05, 0.1) is 27.2 Å². The van der Waals surface area contributed by atoms with E-state index in [1.807, 2.05) is 0 Å². The molecule has 142 valence electrons. The van der Waals surface area contributed by atoms with E-state index in [-0.39, 0.29) is 16.1 Å². The van der Waals surface area contributed by atoms with Crippen LogP contribution in [0.3, 0.4) is 0 Å². The number of aromatic nitrogens is 2. The highest BCUT2D eigenvalue weighted by atomic mass is 35.5. The molecule has 5 nitrogen and oxygen atoms in total. The monoisotopic (exact) mass is 415 g/mol. The summed E-state index contributed by atoms with van der Waals surface area (Å²) in [5.41, 5.74) is -0.908. The summed E-state index contributed by atoms with van der Waals surface area (Å²) in [5.74, 6) is -0.617. The number of benzene rings is 1. The number of amides is 1. The molecule has 3 aromatic rings. The van der Waals surface area contributed by atoms with E-state index in [2.05, 4.69) is 10.3 Å². The van der Waals surface area contributed by atoms with E-state index < -0.39 is 22.7 Å². The summed E-state index contributed by atoms with van der Waals surface area (Å²) in [6.07, 6.45) is -3.24. The van der Waals surface area contributed by atoms with Gasteiger partial charge in [-0.1, -0.05) is 11.6 Å². The maximum absolute atomic E-state index is 13.0. The van der Waals surface area contributed by atoms with E-state index in [1.54, 1.807) is 13.8 Å². The molecule has 10 heteroatoms. The van der Waals surface area contributed by atoms with E-state index in [0.717, 1.165) is 23.5 Å². The molecule has 0 radical (unpaired) electrons. The van der Waals surface area contributed by atoms with Gasteiger partial charge in [-0.15, -0.1) is 11.3 Å². The number of aryl methyl sites for hydroxylation is 2. The zero-order chi connectivity index (χ0) is 19.9. The van der Waals surface area contributed by atoms with Crippen LogP contribution in [-0.4, -0.2) is 15.5 Å². The number of nitrogens with zero attached hydrogens (tertiary/aromatic N) is 2. The first-order valence-corrected chi connectivity index (χ1v) is 8.99. The second-order valence-electron chi connectivity index (χ2n) is 5.72. The fourth-order valence-electron chi connectivity index (χ4n) is 2.61. The van der Waals surface area contributed by atoms with Gasteiger partial charge in [0, 0.05) is 12.2 Å². The third-order valence-corrected chi connectivity index (χ3v) is 5.52. The molecule has 0 spiro atoms. The standard InChI is InChI=1S/C17H13ClF3N3O2S/c1-3-24-7-22-15-12(16(24)26)8(2)13(27-15)14(25)23-9-4-5-11(18)10(6-9)17(19,20)21/h4-7H,3H2,1-2H3,(H,23,25). The van der Waals surface area contributed by atoms with Crippen LogP contribution in [0.1, 0.15) is 27.7 Å². The molecule has 3 rings (SSSR count). The normalized spacial score (nSPS) is 11.8. The molecule has 0 fully saturated rings. The Labute approximate surface area is 160 Å². The maximum Gasteiger partial charge on any atom is 0.417 e. The molecule has 1 aromatic carbocycles. The summed E-state index contributed by atoms with van der Waals surface area (Å²) in [4.78, 5) is 29.8. The van der Waals surface area contributed by atoms with Gasteiger partial charge in [-0.2, -0.15) is 13.2 Å². The molecule has 2 heterocycles. The first-order chi connectivity index (χ1) is 12.6. The molecule has 1 N–H and O–H groups in total. The first kappa shape index (κ1) is 19.4. The fraction of sp³-hybridized carbons (Fsp3) is 0.235. The van der Waals surface area contributed by atoms with E-state index >= 15 is 0 Å². The van der Waals surface area contributed by atoms with Crippen molar-refractivity contribution in [3.8, 4) is 0 Å². The van der Waals surface area contributed by atoms with E-state index in [9.17, 15) is 22.8 Å². The van der Waals surface area contributed by atoms with Gasteiger partial charge >= 0.3 is 6.18 Å². The Morgan fingerprint density at radius 1 is 1.37 bits per heavy atom. The van der Waals surface area contributed by atoms with Gasteiger partial charge in [0.25, 0.3) is 11.5 Å². The molecule has 0 unspecified atom stereocenters. The number of carbonyl (C=O) groups is 1. The number of thiophene rings is 1. The summed E-state index contributed by atoms with van der Waals surface area (Å²) in [5, 5.41) is 2.30. The van der Waals surface area contributed by atoms with Crippen molar-refractivity contribution in [2.45, 2.75) is 26.6 Å². The second kappa shape index (κ2) is 6.97. The first-order valence-electron chi connectivity index (χ1n) is 7.80.